The fraction of sp³-hybridized carbons (Fsp3) is 0.381. The van der Waals surface area contributed by atoms with Crippen molar-refractivity contribution in [2.75, 3.05) is 0 Å². The molecule has 1 amide bonds. The summed E-state index contributed by atoms with van der Waals surface area (Å²) in [7, 11) is 0. The van der Waals surface area contributed by atoms with Crippen LogP contribution in [0.5, 0.6) is 0 Å². The van der Waals surface area contributed by atoms with Gasteiger partial charge in [-0.1, -0.05) is 36.4 Å². The van der Waals surface area contributed by atoms with Crippen LogP contribution in [0.25, 0.3) is 0 Å². The molecule has 0 radical (unpaired) electrons. The Bertz CT molecular complexity index is 712. The van der Waals surface area contributed by atoms with Crippen LogP contribution in [0.2, 0.25) is 0 Å². The molecule has 0 aliphatic carbocycles. The van der Waals surface area contributed by atoms with Gasteiger partial charge in [-0.25, -0.2) is 4.39 Å². The molecule has 0 spiro atoms. The van der Waals surface area contributed by atoms with Gasteiger partial charge in [0, 0.05) is 13.0 Å². The number of carbonyl (C=O) groups excluding carboxylic acids is 1. The summed E-state index contributed by atoms with van der Waals surface area (Å²) >= 11 is 0. The van der Waals surface area contributed by atoms with Gasteiger partial charge in [0.25, 0.3) is 0 Å². The van der Waals surface area contributed by atoms with Gasteiger partial charge in [-0.2, -0.15) is 0 Å². The van der Waals surface area contributed by atoms with Crippen molar-refractivity contribution in [3.63, 3.8) is 0 Å². The lowest BCUT2D eigenvalue weighted by Gasteiger charge is -2.36. The normalized spacial score (nSPS) is 23.2. The SMILES string of the molecule is CC(=O)N[C@@H]1C[C@H](Cc2ccccc2)O[C@H](c2cc(C)cc(F)c2)C1. The van der Waals surface area contributed by atoms with Crippen LogP contribution in [0.4, 0.5) is 4.39 Å². The maximum absolute atomic E-state index is 13.8. The quantitative estimate of drug-likeness (QED) is 0.909. The second-order valence-electron chi connectivity index (χ2n) is 6.87. The second kappa shape index (κ2) is 7.79. The van der Waals surface area contributed by atoms with Gasteiger partial charge >= 0.3 is 0 Å². The van der Waals surface area contributed by atoms with Gasteiger partial charge in [-0.3, -0.25) is 4.79 Å². The Labute approximate surface area is 148 Å². The molecule has 0 unspecified atom stereocenters. The number of amides is 1. The Morgan fingerprint density at radius 3 is 2.64 bits per heavy atom. The van der Waals surface area contributed by atoms with E-state index in [-0.39, 0.29) is 30.0 Å². The summed E-state index contributed by atoms with van der Waals surface area (Å²) in [4.78, 5) is 11.5. The summed E-state index contributed by atoms with van der Waals surface area (Å²) in [6.45, 7) is 3.41. The van der Waals surface area contributed by atoms with Gasteiger partial charge in [0.1, 0.15) is 5.82 Å². The Morgan fingerprint density at radius 1 is 1.20 bits per heavy atom. The van der Waals surface area contributed by atoms with Crippen LogP contribution in [0.3, 0.4) is 0 Å². The van der Waals surface area contributed by atoms with E-state index in [1.54, 1.807) is 0 Å². The van der Waals surface area contributed by atoms with E-state index in [1.807, 2.05) is 31.2 Å². The second-order valence-corrected chi connectivity index (χ2v) is 6.87. The van der Waals surface area contributed by atoms with Crippen LogP contribution in [0, 0.1) is 12.7 Å². The molecule has 3 nitrogen and oxygen atoms in total. The highest BCUT2D eigenvalue weighted by molar-refractivity contribution is 5.73. The molecular formula is C21H24FNO2. The number of hydrogen-bond acceptors (Lipinski definition) is 2. The van der Waals surface area contributed by atoms with E-state index >= 15 is 0 Å². The molecule has 3 rings (SSSR count). The summed E-state index contributed by atoms with van der Waals surface area (Å²) in [6, 6.07) is 15.2. The van der Waals surface area contributed by atoms with Crippen LogP contribution in [0.15, 0.2) is 48.5 Å². The molecule has 25 heavy (non-hydrogen) atoms. The number of hydrogen-bond donors (Lipinski definition) is 1. The molecule has 1 saturated heterocycles. The predicted molar refractivity (Wildman–Crippen MR) is 95.7 cm³/mol. The minimum absolute atomic E-state index is 0.0124. The van der Waals surface area contributed by atoms with Crippen molar-refractivity contribution in [2.45, 2.75) is 51.4 Å². The third-order valence-corrected chi connectivity index (χ3v) is 4.55. The standard InChI is InChI=1S/C21H24FNO2/c1-14-8-17(11-18(22)9-14)21-13-19(23-15(2)24)12-20(25-21)10-16-6-4-3-5-7-16/h3-9,11,19-21H,10,12-13H2,1-2H3,(H,23,24)/t19-,20+,21+/m1/s1. The Morgan fingerprint density at radius 2 is 1.96 bits per heavy atom. The summed E-state index contributed by atoms with van der Waals surface area (Å²) < 4.78 is 20.1. The molecule has 132 valence electrons. The van der Waals surface area contributed by atoms with Crippen molar-refractivity contribution < 1.29 is 13.9 Å². The number of aryl methyl sites for hydroxylation is 1. The van der Waals surface area contributed by atoms with E-state index in [0.717, 1.165) is 24.0 Å². The zero-order valence-electron chi connectivity index (χ0n) is 14.7. The zero-order chi connectivity index (χ0) is 17.8. The lowest BCUT2D eigenvalue weighted by molar-refractivity contribution is -0.122. The van der Waals surface area contributed by atoms with Crippen LogP contribution in [0.1, 0.15) is 42.6 Å². The van der Waals surface area contributed by atoms with Crippen molar-refractivity contribution in [2.24, 2.45) is 0 Å². The molecule has 1 N–H and O–H groups in total. The average Bonchev–Trinajstić information content (AvgIpc) is 2.54. The summed E-state index contributed by atoms with van der Waals surface area (Å²) in [6.07, 6.45) is 1.98. The lowest BCUT2D eigenvalue weighted by Crippen LogP contribution is -2.42. The van der Waals surface area contributed by atoms with Gasteiger partial charge in [-0.05, 0) is 55.0 Å². The first kappa shape index (κ1) is 17.6. The van der Waals surface area contributed by atoms with Gasteiger partial charge in [-0.15, -0.1) is 0 Å². The van der Waals surface area contributed by atoms with E-state index in [4.69, 9.17) is 4.74 Å². The maximum Gasteiger partial charge on any atom is 0.217 e. The molecule has 0 aromatic heterocycles. The molecule has 3 atom stereocenters. The third kappa shape index (κ3) is 4.89. The monoisotopic (exact) mass is 341 g/mol. The highest BCUT2D eigenvalue weighted by Gasteiger charge is 2.31. The van der Waals surface area contributed by atoms with Crippen molar-refractivity contribution >= 4 is 5.91 Å². The van der Waals surface area contributed by atoms with Gasteiger partial charge < -0.3 is 10.1 Å². The van der Waals surface area contributed by atoms with E-state index in [2.05, 4.69) is 17.4 Å². The van der Waals surface area contributed by atoms with Crippen molar-refractivity contribution in [3.05, 3.63) is 71.0 Å². The molecule has 2 aromatic carbocycles. The fourth-order valence-electron chi connectivity index (χ4n) is 3.59. The summed E-state index contributed by atoms with van der Waals surface area (Å²) in [5.41, 5.74) is 2.91. The Kier molecular flexibility index (Phi) is 5.49. The first-order chi connectivity index (χ1) is 12.0. The molecule has 1 fully saturated rings. The molecule has 1 aliphatic rings. The Hall–Kier alpha value is -2.20. The topological polar surface area (TPSA) is 38.3 Å². The number of benzene rings is 2. The molecule has 0 bridgehead atoms. The molecule has 2 aromatic rings. The minimum Gasteiger partial charge on any atom is -0.370 e. The third-order valence-electron chi connectivity index (χ3n) is 4.55. The smallest absolute Gasteiger partial charge is 0.217 e. The van der Waals surface area contributed by atoms with Crippen molar-refractivity contribution in [1.82, 2.24) is 5.32 Å². The first-order valence-corrected chi connectivity index (χ1v) is 8.73. The number of halogens is 1. The molecule has 0 saturated carbocycles. The molecule has 1 aliphatic heterocycles. The fourth-order valence-corrected chi connectivity index (χ4v) is 3.59. The van der Waals surface area contributed by atoms with E-state index in [1.165, 1.54) is 24.6 Å². The summed E-state index contributed by atoms with van der Waals surface area (Å²) in [5, 5.41) is 3.01. The maximum atomic E-state index is 13.8. The van der Waals surface area contributed by atoms with Crippen LogP contribution < -0.4 is 5.32 Å². The highest BCUT2D eigenvalue weighted by atomic mass is 19.1. The first-order valence-electron chi connectivity index (χ1n) is 8.73. The number of nitrogens with one attached hydrogen (secondary N) is 1. The molecule has 1 heterocycles. The lowest BCUT2D eigenvalue weighted by atomic mass is 9.91. The number of rotatable bonds is 4. The van der Waals surface area contributed by atoms with E-state index < -0.39 is 0 Å². The van der Waals surface area contributed by atoms with Gasteiger partial charge in [0.05, 0.1) is 12.2 Å². The minimum atomic E-state index is -0.250. The van der Waals surface area contributed by atoms with Crippen LogP contribution in [-0.2, 0) is 16.0 Å². The molecule has 4 heteroatoms. The van der Waals surface area contributed by atoms with Gasteiger partial charge in [0.2, 0.25) is 5.91 Å². The number of carbonyl (C=O) groups is 1. The molecular weight excluding hydrogens is 317 g/mol. The van der Waals surface area contributed by atoms with Crippen molar-refractivity contribution in [1.29, 1.82) is 0 Å². The van der Waals surface area contributed by atoms with Gasteiger partial charge in [0.15, 0.2) is 0 Å². The van der Waals surface area contributed by atoms with E-state index in [9.17, 15) is 9.18 Å². The zero-order valence-corrected chi connectivity index (χ0v) is 14.7. The van der Waals surface area contributed by atoms with E-state index in [0.29, 0.717) is 6.42 Å². The van der Waals surface area contributed by atoms with Crippen LogP contribution in [-0.4, -0.2) is 18.1 Å². The van der Waals surface area contributed by atoms with Crippen molar-refractivity contribution in [3.8, 4) is 0 Å². The largest absolute Gasteiger partial charge is 0.370 e. The van der Waals surface area contributed by atoms with Crippen LogP contribution >= 0.6 is 0 Å². The average molecular weight is 341 g/mol. The number of ether oxygens (including phenoxy) is 1. The highest BCUT2D eigenvalue weighted by Crippen LogP contribution is 2.33. The predicted octanol–water partition coefficient (Wildman–Crippen LogP) is 4.10. The Balaban J connectivity index is 1.80. The summed E-state index contributed by atoms with van der Waals surface area (Å²) in [5.74, 6) is -0.292.